The number of carbonyl (C=O) groups excluding carboxylic acids is 2. The smallest absolute Gasteiger partial charge is 0.404 e. The molecule has 11 heteroatoms. The number of benzene rings is 1. The highest BCUT2D eigenvalue weighted by Crippen LogP contribution is 2.35. The molecule has 0 unspecified atom stereocenters. The van der Waals surface area contributed by atoms with Crippen LogP contribution in [-0.4, -0.2) is 43.4 Å². The van der Waals surface area contributed by atoms with Crippen molar-refractivity contribution in [3.05, 3.63) is 32.8 Å². The first-order chi connectivity index (χ1) is 11.3. The number of hydrogen-bond donors (Lipinski definition) is 2. The van der Waals surface area contributed by atoms with E-state index in [0.717, 1.165) is 6.07 Å². The Morgan fingerprint density at radius 3 is 2.46 bits per heavy atom. The zero-order valence-electron chi connectivity index (χ0n) is 12.5. The molecule has 2 amide bonds. The van der Waals surface area contributed by atoms with Gasteiger partial charge in [0.25, 0.3) is 5.69 Å². The van der Waals surface area contributed by atoms with E-state index < -0.39 is 22.6 Å². The number of nitrogens with two attached hydrogens (primary N) is 2. The van der Waals surface area contributed by atoms with Crippen LogP contribution >= 0.6 is 11.6 Å². The molecule has 4 N–H and O–H groups in total. The van der Waals surface area contributed by atoms with E-state index in [4.69, 9.17) is 32.5 Å². The van der Waals surface area contributed by atoms with Crippen molar-refractivity contribution in [3.8, 4) is 5.75 Å². The molecule has 0 bridgehead atoms. The molecule has 0 spiro atoms. The van der Waals surface area contributed by atoms with E-state index in [2.05, 4.69) is 4.74 Å². The molecule has 0 aliphatic heterocycles. The summed E-state index contributed by atoms with van der Waals surface area (Å²) in [7, 11) is 0. The molecule has 24 heavy (non-hydrogen) atoms. The lowest BCUT2D eigenvalue weighted by Gasteiger charge is -2.10. The lowest BCUT2D eigenvalue weighted by molar-refractivity contribution is -0.384. The van der Waals surface area contributed by atoms with Crippen LogP contribution in [0.2, 0.25) is 5.02 Å². The van der Waals surface area contributed by atoms with Crippen LogP contribution in [0.4, 0.5) is 10.5 Å². The molecular formula is C13H16ClN3O7. The van der Waals surface area contributed by atoms with Gasteiger partial charge in [0.15, 0.2) is 5.02 Å². The van der Waals surface area contributed by atoms with Gasteiger partial charge in [-0.3, -0.25) is 14.9 Å². The summed E-state index contributed by atoms with van der Waals surface area (Å²) < 4.78 is 15.0. The lowest BCUT2D eigenvalue weighted by atomic mass is 10.2. The number of halogens is 1. The number of nitro groups is 1. The molecular weight excluding hydrogens is 346 g/mol. The summed E-state index contributed by atoms with van der Waals surface area (Å²) in [6.07, 6.45) is -0.407. The monoisotopic (exact) mass is 361 g/mol. The van der Waals surface area contributed by atoms with Crippen LogP contribution in [0.25, 0.3) is 0 Å². The maximum absolute atomic E-state index is 11.2. The molecule has 0 aromatic heterocycles. The molecule has 1 rings (SSSR count). The third kappa shape index (κ3) is 6.26. The second kappa shape index (κ2) is 9.53. The predicted octanol–water partition coefficient (Wildman–Crippen LogP) is 1.23. The summed E-state index contributed by atoms with van der Waals surface area (Å²) in [4.78, 5) is 31.7. The quantitative estimate of drug-likeness (QED) is 0.360. The van der Waals surface area contributed by atoms with Gasteiger partial charge in [0.2, 0.25) is 5.91 Å². The minimum atomic E-state index is -0.857. The van der Waals surface area contributed by atoms with Crippen molar-refractivity contribution in [1.82, 2.24) is 0 Å². The van der Waals surface area contributed by atoms with Crippen LogP contribution in [0.15, 0.2) is 12.1 Å². The Labute approximate surface area is 141 Å². The number of amides is 2. The van der Waals surface area contributed by atoms with Gasteiger partial charge in [-0.05, 0) is 6.07 Å². The van der Waals surface area contributed by atoms with Gasteiger partial charge in [0, 0.05) is 24.7 Å². The Morgan fingerprint density at radius 1 is 1.17 bits per heavy atom. The van der Waals surface area contributed by atoms with Crippen molar-refractivity contribution >= 4 is 29.3 Å². The Morgan fingerprint density at radius 2 is 1.88 bits per heavy atom. The third-order valence-electron chi connectivity index (χ3n) is 2.66. The van der Waals surface area contributed by atoms with Gasteiger partial charge >= 0.3 is 6.09 Å². The summed E-state index contributed by atoms with van der Waals surface area (Å²) in [5, 5.41) is 10.7. The maximum atomic E-state index is 11.2. The van der Waals surface area contributed by atoms with Crippen molar-refractivity contribution in [2.45, 2.75) is 6.42 Å². The van der Waals surface area contributed by atoms with Gasteiger partial charge in [-0.25, -0.2) is 4.79 Å². The van der Waals surface area contributed by atoms with Crippen LogP contribution in [-0.2, 0) is 9.47 Å². The number of nitro benzene ring substituents is 1. The van der Waals surface area contributed by atoms with Crippen LogP contribution in [0.1, 0.15) is 16.8 Å². The summed E-state index contributed by atoms with van der Waals surface area (Å²) in [6.45, 7) is 0.623. The topological polar surface area (TPSA) is 157 Å². The minimum Gasteiger partial charge on any atom is -0.489 e. The molecule has 0 saturated heterocycles. The summed E-state index contributed by atoms with van der Waals surface area (Å²) >= 11 is 5.87. The fourth-order valence-electron chi connectivity index (χ4n) is 1.61. The van der Waals surface area contributed by atoms with Crippen LogP contribution < -0.4 is 16.2 Å². The summed E-state index contributed by atoms with van der Waals surface area (Å²) in [5.74, 6) is -0.884. The lowest BCUT2D eigenvalue weighted by Crippen LogP contribution is -2.15. The first kappa shape index (κ1) is 19.5. The number of ether oxygens (including phenoxy) is 3. The van der Waals surface area contributed by atoms with E-state index in [-0.39, 0.29) is 36.2 Å². The van der Waals surface area contributed by atoms with E-state index in [1.807, 2.05) is 0 Å². The molecule has 10 nitrogen and oxygen atoms in total. The van der Waals surface area contributed by atoms with Gasteiger partial charge in [-0.2, -0.15) is 0 Å². The Hall–Kier alpha value is -2.59. The second-order valence-electron chi connectivity index (χ2n) is 4.41. The molecule has 0 saturated carbocycles. The third-order valence-corrected chi connectivity index (χ3v) is 3.04. The minimum absolute atomic E-state index is 0.0375. The average Bonchev–Trinajstić information content (AvgIpc) is 2.50. The molecule has 0 fully saturated rings. The van der Waals surface area contributed by atoms with Crippen LogP contribution in [0, 0.1) is 10.1 Å². The first-order valence-electron chi connectivity index (χ1n) is 6.73. The molecule has 1 aromatic rings. The highest BCUT2D eigenvalue weighted by Gasteiger charge is 2.21. The SMILES string of the molecule is NC(=O)OCCCOCCOc1cc(C(N)=O)cc([N+](=O)[O-])c1Cl. The van der Waals surface area contributed by atoms with Crippen molar-refractivity contribution in [2.24, 2.45) is 11.5 Å². The number of rotatable bonds is 10. The maximum Gasteiger partial charge on any atom is 0.404 e. The van der Waals surface area contributed by atoms with E-state index in [0.29, 0.717) is 13.0 Å². The number of hydrogen-bond acceptors (Lipinski definition) is 7. The normalized spacial score (nSPS) is 10.2. The van der Waals surface area contributed by atoms with Crippen LogP contribution in [0.5, 0.6) is 5.75 Å². The van der Waals surface area contributed by atoms with E-state index in [9.17, 15) is 19.7 Å². The molecule has 132 valence electrons. The van der Waals surface area contributed by atoms with Gasteiger partial charge in [0.1, 0.15) is 12.4 Å². The molecule has 0 heterocycles. The van der Waals surface area contributed by atoms with Crippen molar-refractivity contribution in [1.29, 1.82) is 0 Å². The summed E-state index contributed by atoms with van der Waals surface area (Å²) in [5.41, 5.74) is 9.33. The van der Waals surface area contributed by atoms with E-state index in [1.165, 1.54) is 6.07 Å². The standard InChI is InChI=1S/C13H16ClN3O7/c14-11-9(17(20)21)6-8(12(15)18)7-10(11)23-5-4-22-2-1-3-24-13(16)19/h6-7H,1-5H2,(H2,15,18)(H2,16,19). The fourth-order valence-corrected chi connectivity index (χ4v) is 1.84. The second-order valence-corrected chi connectivity index (χ2v) is 4.79. The number of nitrogens with zero attached hydrogens (tertiary/aromatic N) is 1. The van der Waals surface area contributed by atoms with Crippen molar-refractivity contribution in [3.63, 3.8) is 0 Å². The van der Waals surface area contributed by atoms with Crippen molar-refractivity contribution < 1.29 is 28.7 Å². The van der Waals surface area contributed by atoms with Gasteiger partial charge in [0.05, 0.1) is 18.1 Å². The van der Waals surface area contributed by atoms with Crippen LogP contribution in [0.3, 0.4) is 0 Å². The predicted molar refractivity (Wildman–Crippen MR) is 83.1 cm³/mol. The highest BCUT2D eigenvalue weighted by atomic mass is 35.5. The molecule has 0 aliphatic carbocycles. The number of carbonyl (C=O) groups is 2. The van der Waals surface area contributed by atoms with E-state index in [1.54, 1.807) is 0 Å². The highest BCUT2D eigenvalue weighted by molar-refractivity contribution is 6.34. The largest absolute Gasteiger partial charge is 0.489 e. The zero-order chi connectivity index (χ0) is 18.1. The molecule has 0 aliphatic rings. The fraction of sp³-hybridized carbons (Fsp3) is 0.385. The summed E-state index contributed by atoms with van der Waals surface area (Å²) in [6, 6.07) is 2.20. The molecule has 0 radical (unpaired) electrons. The Kier molecular flexibility index (Phi) is 7.72. The molecule has 0 atom stereocenters. The van der Waals surface area contributed by atoms with Crippen molar-refractivity contribution in [2.75, 3.05) is 26.4 Å². The van der Waals surface area contributed by atoms with Gasteiger partial charge in [-0.15, -0.1) is 0 Å². The Bertz CT molecular complexity index is 624. The number of primary amides is 2. The molecule has 1 aromatic carbocycles. The first-order valence-corrected chi connectivity index (χ1v) is 7.11. The Balaban J connectivity index is 2.51. The van der Waals surface area contributed by atoms with E-state index >= 15 is 0 Å². The zero-order valence-corrected chi connectivity index (χ0v) is 13.3. The van der Waals surface area contributed by atoms with Gasteiger partial charge < -0.3 is 25.7 Å². The average molecular weight is 362 g/mol. The van der Waals surface area contributed by atoms with Gasteiger partial charge in [-0.1, -0.05) is 11.6 Å².